The first-order valence-corrected chi connectivity index (χ1v) is 1.11. The summed E-state index contributed by atoms with van der Waals surface area (Å²) in [5.41, 5.74) is 0. The first-order valence-electron chi connectivity index (χ1n) is 1.11. The van der Waals surface area contributed by atoms with Crippen LogP contribution >= 0.6 is 0 Å². The predicted octanol–water partition coefficient (Wildman–Crippen LogP) is -3.73. The Balaban J connectivity index is -0.0000000417. The van der Waals surface area contributed by atoms with Crippen molar-refractivity contribution in [1.29, 1.82) is 0 Å². The van der Waals surface area contributed by atoms with Crippen molar-refractivity contribution >= 4 is 11.9 Å². The van der Waals surface area contributed by atoms with Crippen LogP contribution in [0.25, 0.3) is 0 Å². The molecule has 0 atom stereocenters. The van der Waals surface area contributed by atoms with E-state index < -0.39 is 11.9 Å². The standard InChI is InChI=1S/C2H2O4.Fe.Li.H/c3-1(4)2(5)6;;;/h(H,3,4)(H,5,6);;;/q;;+1;-1. The Kier molecular flexibility index (Phi) is 13.8. The fourth-order valence-electron chi connectivity index (χ4n) is 0. The summed E-state index contributed by atoms with van der Waals surface area (Å²) in [5.74, 6) is -3.65. The summed E-state index contributed by atoms with van der Waals surface area (Å²) in [7, 11) is 0. The van der Waals surface area contributed by atoms with Crippen molar-refractivity contribution in [2.45, 2.75) is 0 Å². The Morgan fingerprint density at radius 3 is 1.25 bits per heavy atom. The molecule has 0 heterocycles. The molecule has 0 saturated heterocycles. The third kappa shape index (κ3) is 9.41. The van der Waals surface area contributed by atoms with Crippen LogP contribution in [0.5, 0.6) is 0 Å². The smallest absolute Gasteiger partial charge is 1.00 e. The van der Waals surface area contributed by atoms with Crippen molar-refractivity contribution in [3.63, 3.8) is 0 Å². The number of carboxylic acid groups (broad SMARTS) is 2. The molecule has 0 amide bonds. The molecule has 0 aliphatic carbocycles. The molecule has 44 valence electrons. The van der Waals surface area contributed by atoms with Crippen molar-refractivity contribution in [3.05, 3.63) is 0 Å². The van der Waals surface area contributed by atoms with Crippen molar-refractivity contribution in [2.75, 3.05) is 0 Å². The minimum Gasteiger partial charge on any atom is -1.00 e. The van der Waals surface area contributed by atoms with E-state index in [0.29, 0.717) is 0 Å². The summed E-state index contributed by atoms with van der Waals surface area (Å²) in [6, 6.07) is 0. The van der Waals surface area contributed by atoms with Crippen molar-refractivity contribution in [3.8, 4) is 0 Å². The summed E-state index contributed by atoms with van der Waals surface area (Å²) in [4.78, 5) is 18.2. The average Bonchev–Trinajstić information content (AvgIpc) is 1.36. The molecule has 2 N–H and O–H groups in total. The second-order valence-corrected chi connectivity index (χ2v) is 0.610. The second kappa shape index (κ2) is 7.06. The first kappa shape index (κ1) is 15.7. The normalized spacial score (nSPS) is 5.50. The topological polar surface area (TPSA) is 74.6 Å². The van der Waals surface area contributed by atoms with Gasteiger partial charge >= 0.3 is 30.8 Å². The van der Waals surface area contributed by atoms with Crippen LogP contribution in [-0.4, -0.2) is 22.2 Å². The van der Waals surface area contributed by atoms with E-state index in [2.05, 4.69) is 0 Å². The van der Waals surface area contributed by atoms with Gasteiger partial charge in [0.25, 0.3) is 0 Å². The molecule has 0 aliphatic heterocycles. The molecule has 0 aromatic heterocycles. The van der Waals surface area contributed by atoms with Gasteiger partial charge in [0, 0.05) is 17.1 Å². The summed E-state index contributed by atoms with van der Waals surface area (Å²) >= 11 is 0. The summed E-state index contributed by atoms with van der Waals surface area (Å²) in [6.07, 6.45) is 0. The zero-order chi connectivity index (χ0) is 5.15. The van der Waals surface area contributed by atoms with Gasteiger partial charge in [0.05, 0.1) is 0 Å². The molecule has 6 heteroatoms. The maximum atomic E-state index is 9.10. The molecular weight excluding hydrogens is 151 g/mol. The third-order valence-electron chi connectivity index (χ3n) is 0.183. The van der Waals surface area contributed by atoms with Crippen LogP contribution < -0.4 is 18.9 Å². The molecule has 0 radical (unpaired) electrons. The number of hydrogen-bond donors (Lipinski definition) is 2. The number of aliphatic carboxylic acids is 2. The van der Waals surface area contributed by atoms with Gasteiger partial charge in [-0.15, -0.1) is 0 Å². The summed E-state index contributed by atoms with van der Waals surface area (Å²) in [5, 5.41) is 14.8. The molecule has 0 aliphatic rings. The van der Waals surface area contributed by atoms with E-state index in [1.807, 2.05) is 0 Å². The number of carbonyl (C=O) groups is 2. The van der Waals surface area contributed by atoms with Crippen LogP contribution in [0.4, 0.5) is 0 Å². The van der Waals surface area contributed by atoms with Gasteiger partial charge in [-0.05, 0) is 0 Å². The van der Waals surface area contributed by atoms with Gasteiger partial charge in [0.2, 0.25) is 0 Å². The zero-order valence-corrected chi connectivity index (χ0v) is 5.17. The van der Waals surface area contributed by atoms with E-state index in [1.165, 1.54) is 0 Å². The SMILES string of the molecule is O=C(O)C(=O)O.[Fe].[H-].[Li+]. The van der Waals surface area contributed by atoms with Gasteiger partial charge in [-0.3, -0.25) is 0 Å². The van der Waals surface area contributed by atoms with E-state index in [9.17, 15) is 0 Å². The molecule has 4 nitrogen and oxygen atoms in total. The minimum absolute atomic E-state index is 0. The number of carboxylic acids is 2. The monoisotopic (exact) mass is 154 g/mol. The van der Waals surface area contributed by atoms with Crippen LogP contribution in [0.3, 0.4) is 0 Å². The van der Waals surface area contributed by atoms with Crippen LogP contribution in [0, 0.1) is 0 Å². The molecular formula is C2H3FeLiO4. The van der Waals surface area contributed by atoms with Crippen LogP contribution in [0.15, 0.2) is 0 Å². The number of rotatable bonds is 0. The Bertz CT molecular complexity index is 84.6. The fraction of sp³-hybridized carbons (Fsp3) is 0. The number of hydrogen-bond acceptors (Lipinski definition) is 2. The van der Waals surface area contributed by atoms with Crippen molar-refractivity contribution < 1.29 is 57.2 Å². The molecule has 0 rings (SSSR count). The van der Waals surface area contributed by atoms with Crippen LogP contribution in [0.2, 0.25) is 0 Å². The Morgan fingerprint density at radius 2 is 1.25 bits per heavy atom. The second-order valence-electron chi connectivity index (χ2n) is 0.610. The first-order chi connectivity index (χ1) is 2.64. The molecule has 0 unspecified atom stereocenters. The van der Waals surface area contributed by atoms with Gasteiger partial charge in [-0.25, -0.2) is 9.59 Å². The molecule has 0 spiro atoms. The van der Waals surface area contributed by atoms with Gasteiger partial charge in [0.1, 0.15) is 0 Å². The fourth-order valence-corrected chi connectivity index (χ4v) is 0. The average molecular weight is 154 g/mol. The van der Waals surface area contributed by atoms with Gasteiger partial charge in [-0.1, -0.05) is 0 Å². The molecule has 0 aromatic carbocycles. The van der Waals surface area contributed by atoms with E-state index in [1.54, 1.807) is 0 Å². The zero-order valence-electron chi connectivity index (χ0n) is 5.06. The summed E-state index contributed by atoms with van der Waals surface area (Å²) < 4.78 is 0. The van der Waals surface area contributed by atoms with Gasteiger partial charge < -0.3 is 11.6 Å². The third-order valence-corrected chi connectivity index (χ3v) is 0.183. The molecule has 0 aromatic rings. The predicted molar refractivity (Wildman–Crippen MR) is 16.4 cm³/mol. The Morgan fingerprint density at radius 1 is 1.12 bits per heavy atom. The maximum absolute atomic E-state index is 9.10. The van der Waals surface area contributed by atoms with Crippen LogP contribution in [0.1, 0.15) is 1.43 Å². The van der Waals surface area contributed by atoms with Crippen molar-refractivity contribution in [1.82, 2.24) is 0 Å². The van der Waals surface area contributed by atoms with E-state index in [0.717, 1.165) is 0 Å². The molecule has 8 heavy (non-hydrogen) atoms. The van der Waals surface area contributed by atoms with Crippen LogP contribution in [-0.2, 0) is 26.7 Å². The van der Waals surface area contributed by atoms with Gasteiger partial charge in [-0.2, -0.15) is 0 Å². The molecule has 0 bridgehead atoms. The largest absolute Gasteiger partial charge is 1.00 e. The summed E-state index contributed by atoms with van der Waals surface area (Å²) in [6.45, 7) is 0. The Hall–Kier alpha value is 0.0569. The quantitative estimate of drug-likeness (QED) is 0.277. The maximum Gasteiger partial charge on any atom is 1.00 e. The molecule has 0 fully saturated rings. The van der Waals surface area contributed by atoms with Gasteiger partial charge in [0.15, 0.2) is 0 Å². The van der Waals surface area contributed by atoms with E-state index in [4.69, 9.17) is 19.8 Å². The minimum atomic E-state index is -1.82. The molecule has 0 saturated carbocycles. The van der Waals surface area contributed by atoms with Crippen molar-refractivity contribution in [2.24, 2.45) is 0 Å². The van der Waals surface area contributed by atoms with E-state index >= 15 is 0 Å². The van der Waals surface area contributed by atoms with E-state index in [-0.39, 0.29) is 37.4 Å². The Labute approximate surface area is 69.4 Å².